The molecule has 1 rings (SSSR count). The van der Waals surface area contributed by atoms with Crippen LogP contribution < -0.4 is 5.32 Å². The first kappa shape index (κ1) is 12.2. The van der Waals surface area contributed by atoms with Gasteiger partial charge >= 0.3 is 5.97 Å². The number of benzene rings is 1. The van der Waals surface area contributed by atoms with Crippen molar-refractivity contribution in [2.24, 2.45) is 0 Å². The minimum Gasteiger partial charge on any atom is -0.435 e. The van der Waals surface area contributed by atoms with Crippen LogP contribution in [0.2, 0.25) is 0 Å². The first-order valence-corrected chi connectivity index (χ1v) is 4.83. The second-order valence-corrected chi connectivity index (χ2v) is 2.88. The Kier molecular flexibility index (Phi) is 5.01. The van der Waals surface area contributed by atoms with Crippen LogP contribution in [0.1, 0.15) is 17.3 Å². The average Bonchev–Trinajstić information content (AvgIpc) is 2.30. The Balaban J connectivity index is 2.52. The Bertz CT molecular complexity index is 348. The molecule has 0 aliphatic heterocycles. The summed E-state index contributed by atoms with van der Waals surface area (Å²) >= 11 is 0. The molecule has 0 bridgehead atoms. The number of esters is 1. The van der Waals surface area contributed by atoms with Crippen LogP contribution in [0, 0.1) is 0 Å². The molecule has 1 amide bonds. The van der Waals surface area contributed by atoms with Crippen LogP contribution >= 0.6 is 0 Å². The number of ether oxygens (including phenoxy) is 2. The van der Waals surface area contributed by atoms with Gasteiger partial charge in [-0.25, -0.2) is 4.79 Å². The van der Waals surface area contributed by atoms with Gasteiger partial charge in [0.1, 0.15) is 0 Å². The predicted molar refractivity (Wildman–Crippen MR) is 58.0 cm³/mol. The summed E-state index contributed by atoms with van der Waals surface area (Å²) in [5.41, 5.74) is 1.03. The number of carbonyl (C=O) groups is 2. The number of carbonyl (C=O) groups excluding carboxylic acids is 2. The summed E-state index contributed by atoms with van der Waals surface area (Å²) in [5, 5.41) is 2.47. The Hall–Kier alpha value is -1.88. The van der Waals surface area contributed by atoms with E-state index >= 15 is 0 Å². The third-order valence-electron chi connectivity index (χ3n) is 1.82. The molecule has 1 aromatic rings. The lowest BCUT2D eigenvalue weighted by atomic mass is 10.2. The quantitative estimate of drug-likeness (QED) is 0.343. The number of anilines is 1. The molecule has 0 atom stereocenters. The molecule has 0 fully saturated rings. The topological polar surface area (TPSA) is 64.6 Å². The van der Waals surface area contributed by atoms with E-state index in [0.717, 1.165) is 0 Å². The second-order valence-electron chi connectivity index (χ2n) is 2.88. The van der Waals surface area contributed by atoms with Gasteiger partial charge in [-0.15, -0.1) is 0 Å². The zero-order valence-corrected chi connectivity index (χ0v) is 8.93. The number of rotatable bonds is 6. The van der Waals surface area contributed by atoms with Crippen molar-refractivity contribution >= 4 is 18.1 Å². The van der Waals surface area contributed by atoms with Crippen molar-refractivity contribution in [3.63, 3.8) is 0 Å². The van der Waals surface area contributed by atoms with Crippen molar-refractivity contribution in [2.75, 3.05) is 18.7 Å². The SMILES string of the molecule is CCOCOC(=O)c1ccc(NC=O)cc1. The fourth-order valence-electron chi connectivity index (χ4n) is 1.03. The highest BCUT2D eigenvalue weighted by atomic mass is 16.7. The van der Waals surface area contributed by atoms with Gasteiger partial charge in [0.25, 0.3) is 0 Å². The maximum Gasteiger partial charge on any atom is 0.340 e. The third-order valence-corrected chi connectivity index (χ3v) is 1.82. The first-order valence-electron chi connectivity index (χ1n) is 4.83. The summed E-state index contributed by atoms with van der Waals surface area (Å²) in [7, 11) is 0. The monoisotopic (exact) mass is 223 g/mol. The lowest BCUT2D eigenvalue weighted by Crippen LogP contribution is -2.08. The van der Waals surface area contributed by atoms with E-state index in [0.29, 0.717) is 24.3 Å². The Morgan fingerprint density at radius 2 is 2.06 bits per heavy atom. The van der Waals surface area contributed by atoms with Gasteiger partial charge in [0, 0.05) is 12.3 Å². The summed E-state index contributed by atoms with van der Waals surface area (Å²) in [6, 6.07) is 6.37. The highest BCUT2D eigenvalue weighted by Crippen LogP contribution is 2.09. The van der Waals surface area contributed by atoms with Gasteiger partial charge < -0.3 is 14.8 Å². The Morgan fingerprint density at radius 3 is 2.62 bits per heavy atom. The van der Waals surface area contributed by atoms with Crippen LogP contribution in [0.5, 0.6) is 0 Å². The summed E-state index contributed by atoms with van der Waals surface area (Å²) in [6.07, 6.45) is 0.572. The molecular weight excluding hydrogens is 210 g/mol. The molecule has 0 saturated carbocycles. The number of hydrogen-bond acceptors (Lipinski definition) is 4. The van der Waals surface area contributed by atoms with Crippen LogP contribution in [-0.2, 0) is 14.3 Å². The first-order chi connectivity index (χ1) is 7.77. The van der Waals surface area contributed by atoms with Crippen molar-refractivity contribution in [2.45, 2.75) is 6.92 Å². The van der Waals surface area contributed by atoms with E-state index in [-0.39, 0.29) is 6.79 Å². The summed E-state index contributed by atoms with van der Waals surface area (Å²) in [4.78, 5) is 21.5. The normalized spacial score (nSPS) is 9.56. The number of nitrogens with one attached hydrogen (secondary N) is 1. The van der Waals surface area contributed by atoms with Gasteiger partial charge in [-0.05, 0) is 31.2 Å². The van der Waals surface area contributed by atoms with E-state index in [1.54, 1.807) is 24.3 Å². The molecule has 1 aromatic carbocycles. The summed E-state index contributed by atoms with van der Waals surface area (Å²) in [5.74, 6) is -0.453. The molecule has 0 aromatic heterocycles. The molecule has 0 aliphatic rings. The van der Waals surface area contributed by atoms with Gasteiger partial charge in [0.15, 0.2) is 6.79 Å². The number of hydrogen-bond donors (Lipinski definition) is 1. The molecule has 0 unspecified atom stereocenters. The minimum atomic E-state index is -0.453. The fourth-order valence-corrected chi connectivity index (χ4v) is 1.03. The van der Waals surface area contributed by atoms with E-state index in [1.165, 1.54) is 0 Å². The van der Waals surface area contributed by atoms with Gasteiger partial charge in [0.05, 0.1) is 5.56 Å². The maximum absolute atomic E-state index is 11.4. The van der Waals surface area contributed by atoms with Crippen molar-refractivity contribution < 1.29 is 19.1 Å². The Morgan fingerprint density at radius 1 is 1.38 bits per heavy atom. The van der Waals surface area contributed by atoms with E-state index < -0.39 is 5.97 Å². The van der Waals surface area contributed by atoms with Gasteiger partial charge in [-0.1, -0.05) is 0 Å². The van der Waals surface area contributed by atoms with Crippen LogP contribution in [0.4, 0.5) is 5.69 Å². The van der Waals surface area contributed by atoms with Gasteiger partial charge in [-0.3, -0.25) is 4.79 Å². The van der Waals surface area contributed by atoms with Crippen molar-refractivity contribution in [3.05, 3.63) is 29.8 Å². The van der Waals surface area contributed by atoms with E-state index in [4.69, 9.17) is 9.47 Å². The van der Waals surface area contributed by atoms with Crippen LogP contribution in [0.25, 0.3) is 0 Å². The minimum absolute atomic E-state index is 0.0519. The summed E-state index contributed by atoms with van der Waals surface area (Å²) < 4.78 is 9.70. The molecule has 5 heteroatoms. The fraction of sp³-hybridized carbons (Fsp3) is 0.273. The molecule has 16 heavy (non-hydrogen) atoms. The third kappa shape index (κ3) is 3.70. The lowest BCUT2D eigenvalue weighted by Gasteiger charge is -2.04. The molecular formula is C11H13NO4. The second kappa shape index (κ2) is 6.58. The van der Waals surface area contributed by atoms with Crippen LogP contribution in [0.15, 0.2) is 24.3 Å². The van der Waals surface area contributed by atoms with Gasteiger partial charge in [-0.2, -0.15) is 0 Å². The average molecular weight is 223 g/mol. The maximum atomic E-state index is 11.4. The number of amides is 1. The van der Waals surface area contributed by atoms with Gasteiger partial charge in [0.2, 0.25) is 6.41 Å². The van der Waals surface area contributed by atoms with E-state index in [2.05, 4.69) is 5.32 Å². The van der Waals surface area contributed by atoms with E-state index in [1.807, 2.05) is 6.92 Å². The zero-order valence-electron chi connectivity index (χ0n) is 8.93. The zero-order chi connectivity index (χ0) is 11.8. The van der Waals surface area contributed by atoms with E-state index in [9.17, 15) is 9.59 Å². The molecule has 0 heterocycles. The molecule has 86 valence electrons. The molecule has 0 saturated heterocycles. The highest BCUT2D eigenvalue weighted by Gasteiger charge is 2.06. The van der Waals surface area contributed by atoms with Crippen LogP contribution in [0.3, 0.4) is 0 Å². The van der Waals surface area contributed by atoms with Crippen LogP contribution in [-0.4, -0.2) is 25.8 Å². The molecule has 0 radical (unpaired) electrons. The largest absolute Gasteiger partial charge is 0.435 e. The van der Waals surface area contributed by atoms with Crippen molar-refractivity contribution in [1.29, 1.82) is 0 Å². The smallest absolute Gasteiger partial charge is 0.340 e. The molecule has 0 spiro atoms. The molecule has 1 N–H and O–H groups in total. The predicted octanol–water partition coefficient (Wildman–Crippen LogP) is 1.41. The summed E-state index contributed by atoms with van der Waals surface area (Å²) in [6.45, 7) is 2.26. The Labute approximate surface area is 93.4 Å². The molecule has 0 aliphatic carbocycles. The highest BCUT2D eigenvalue weighted by molar-refractivity contribution is 5.90. The molecule has 5 nitrogen and oxygen atoms in total. The standard InChI is InChI=1S/C11H13NO4/c1-2-15-8-16-11(14)9-3-5-10(6-4-9)12-7-13/h3-7H,2,8H2,1H3,(H,12,13). The van der Waals surface area contributed by atoms with Crippen molar-refractivity contribution in [1.82, 2.24) is 0 Å². The van der Waals surface area contributed by atoms with Crippen molar-refractivity contribution in [3.8, 4) is 0 Å². The lowest BCUT2D eigenvalue weighted by molar-refractivity contribution is -0.105.